The first-order chi connectivity index (χ1) is 25.1. The van der Waals surface area contributed by atoms with Crippen molar-refractivity contribution in [1.29, 1.82) is 0 Å². The highest BCUT2D eigenvalue weighted by Crippen LogP contribution is 2.47. The van der Waals surface area contributed by atoms with Gasteiger partial charge >= 0.3 is 41.8 Å². The zero-order valence-electron chi connectivity index (χ0n) is 29.0. The molecule has 2 saturated heterocycles. The molecule has 0 bridgehead atoms. The predicted octanol–water partition coefficient (Wildman–Crippen LogP) is 1.00. The molecule has 0 saturated carbocycles. The topological polar surface area (TPSA) is 223 Å². The molecule has 0 amide bonds. The molecular formula is C36H42O17. The molecule has 2 rings (SSSR count). The summed E-state index contributed by atoms with van der Waals surface area (Å²) in [4.78, 5) is 87.4. The van der Waals surface area contributed by atoms with E-state index in [4.69, 9.17) is 42.6 Å². The molecule has 1 N–H and O–H groups in total. The second-order valence-electron chi connectivity index (χ2n) is 11.5. The van der Waals surface area contributed by atoms with Gasteiger partial charge < -0.3 is 47.7 Å². The van der Waals surface area contributed by atoms with Gasteiger partial charge in [-0.15, -0.1) is 0 Å². The van der Waals surface area contributed by atoms with E-state index >= 15 is 0 Å². The molecule has 2 aliphatic rings. The van der Waals surface area contributed by atoms with Crippen LogP contribution in [0, 0.1) is 0 Å². The van der Waals surface area contributed by atoms with Gasteiger partial charge in [0.2, 0.25) is 0 Å². The largest absolute Gasteiger partial charge is 0.460 e. The number of carbonyl (C=O) groups is 7. The Labute approximate surface area is 305 Å². The summed E-state index contributed by atoms with van der Waals surface area (Å²) in [5.74, 6) is -7.01. The lowest BCUT2D eigenvalue weighted by Crippen LogP contribution is -2.59. The van der Waals surface area contributed by atoms with Gasteiger partial charge in [0, 0.05) is 55.4 Å². The molecule has 0 aromatic heterocycles. The van der Waals surface area contributed by atoms with E-state index in [2.05, 4.69) is 46.1 Å². The van der Waals surface area contributed by atoms with E-state index in [1.54, 1.807) is 0 Å². The molecule has 9 atom stereocenters. The van der Waals surface area contributed by atoms with Gasteiger partial charge in [-0.05, 0) is 6.92 Å². The zero-order chi connectivity index (χ0) is 39.9. The minimum Gasteiger partial charge on any atom is -0.460 e. The Balaban J connectivity index is 2.92. The average Bonchev–Trinajstić information content (AvgIpc) is 3.29. The Bertz CT molecular complexity index is 1500. The maximum atomic E-state index is 12.9. The van der Waals surface area contributed by atoms with Crippen LogP contribution in [0.1, 0.15) is 19.8 Å². The molecular weight excluding hydrogens is 704 g/mol. The maximum Gasteiger partial charge on any atom is 0.330 e. The second kappa shape index (κ2) is 19.8. The molecule has 0 aliphatic carbocycles. The molecule has 17 nitrogen and oxygen atoms in total. The normalized spacial score (nSPS) is 28.9. The zero-order valence-corrected chi connectivity index (χ0v) is 29.0. The number of hydrogen-bond acceptors (Lipinski definition) is 17. The Hall–Kier alpha value is -5.65. The van der Waals surface area contributed by atoms with Crippen LogP contribution < -0.4 is 0 Å². The summed E-state index contributed by atoms with van der Waals surface area (Å²) in [6.45, 7) is 22.7. The molecule has 17 heteroatoms. The lowest BCUT2D eigenvalue weighted by atomic mass is 9.80. The van der Waals surface area contributed by atoms with Crippen molar-refractivity contribution < 1.29 is 81.3 Å². The van der Waals surface area contributed by atoms with Gasteiger partial charge in [-0.2, -0.15) is 0 Å². The first-order valence-corrected chi connectivity index (χ1v) is 15.8. The highest BCUT2D eigenvalue weighted by atomic mass is 16.7. The second-order valence-corrected chi connectivity index (χ2v) is 11.5. The highest BCUT2D eigenvalue weighted by Gasteiger charge is 2.68. The molecule has 2 heterocycles. The quantitative estimate of drug-likeness (QED) is 0.111. The average molecular weight is 747 g/mol. The van der Waals surface area contributed by atoms with Crippen molar-refractivity contribution in [1.82, 2.24) is 0 Å². The van der Waals surface area contributed by atoms with E-state index in [1.807, 2.05) is 0 Å². The van der Waals surface area contributed by atoms with Gasteiger partial charge in [-0.1, -0.05) is 46.1 Å². The van der Waals surface area contributed by atoms with Crippen molar-refractivity contribution >= 4 is 41.8 Å². The van der Waals surface area contributed by atoms with Crippen LogP contribution in [-0.2, 0) is 76.2 Å². The smallest absolute Gasteiger partial charge is 0.330 e. The third-order valence-corrected chi connectivity index (χ3v) is 8.00. The van der Waals surface area contributed by atoms with Crippen LogP contribution in [0.2, 0.25) is 0 Å². The summed E-state index contributed by atoms with van der Waals surface area (Å²) < 4.78 is 50.8. The van der Waals surface area contributed by atoms with Gasteiger partial charge in [0.15, 0.2) is 17.8 Å². The van der Waals surface area contributed by atoms with Crippen LogP contribution in [0.25, 0.3) is 0 Å². The standard InChI is InChI=1S/C36H42O17/c1-9-25(37)45-18-21-16-22(49-28(40)12-4)32(44)33(50-29(41)13-5)23(48-21)17-36(20-47-27(39)11-3)34(51-30(42)14-6)35(8,53-31(43)15-7)24(52-36)19-46-26(38)10-2/h9-15,21-24,32-34,44H,1-7,16-20H2,8H3/t21?,22?,23?,24?,32?,33?,34?,35-,36?/m0/s1. The van der Waals surface area contributed by atoms with Crippen molar-refractivity contribution in [2.75, 3.05) is 19.8 Å². The van der Waals surface area contributed by atoms with Crippen LogP contribution in [0.15, 0.2) is 88.6 Å². The van der Waals surface area contributed by atoms with Crippen LogP contribution >= 0.6 is 0 Å². The summed E-state index contributed by atoms with van der Waals surface area (Å²) in [6, 6.07) is 0. The number of hydrogen-bond donors (Lipinski definition) is 1. The summed E-state index contributed by atoms with van der Waals surface area (Å²) in [5.41, 5.74) is -4.30. The molecule has 0 aromatic rings. The van der Waals surface area contributed by atoms with E-state index in [0.29, 0.717) is 0 Å². The molecule has 2 fully saturated rings. The van der Waals surface area contributed by atoms with Crippen LogP contribution in [0.5, 0.6) is 0 Å². The summed E-state index contributed by atoms with van der Waals surface area (Å²) >= 11 is 0. The molecule has 0 radical (unpaired) electrons. The van der Waals surface area contributed by atoms with Crippen LogP contribution in [-0.4, -0.2) is 121 Å². The lowest BCUT2D eigenvalue weighted by Gasteiger charge is -2.40. The molecule has 8 unspecified atom stereocenters. The van der Waals surface area contributed by atoms with E-state index < -0.39 is 122 Å². The Morgan fingerprint density at radius 2 is 1.17 bits per heavy atom. The number of esters is 7. The van der Waals surface area contributed by atoms with Gasteiger partial charge in [0.05, 0.1) is 6.10 Å². The lowest BCUT2D eigenvalue weighted by molar-refractivity contribution is -0.201. The van der Waals surface area contributed by atoms with Crippen molar-refractivity contribution in [3.8, 4) is 0 Å². The first-order valence-electron chi connectivity index (χ1n) is 15.8. The van der Waals surface area contributed by atoms with Crippen molar-refractivity contribution in [2.45, 2.75) is 73.7 Å². The van der Waals surface area contributed by atoms with E-state index in [9.17, 15) is 38.7 Å². The third-order valence-electron chi connectivity index (χ3n) is 8.00. The fourth-order valence-corrected chi connectivity index (χ4v) is 5.61. The number of rotatable bonds is 19. The minimum absolute atomic E-state index is 0.354. The Morgan fingerprint density at radius 3 is 1.72 bits per heavy atom. The predicted molar refractivity (Wildman–Crippen MR) is 180 cm³/mol. The Morgan fingerprint density at radius 1 is 0.679 bits per heavy atom. The monoisotopic (exact) mass is 746 g/mol. The van der Waals surface area contributed by atoms with Crippen molar-refractivity contribution in [3.63, 3.8) is 0 Å². The first kappa shape index (κ1) is 43.5. The molecule has 53 heavy (non-hydrogen) atoms. The van der Waals surface area contributed by atoms with Crippen molar-refractivity contribution in [2.24, 2.45) is 0 Å². The Kier molecular flexibility index (Phi) is 16.3. The van der Waals surface area contributed by atoms with E-state index in [1.165, 1.54) is 6.92 Å². The molecule has 0 spiro atoms. The SMILES string of the molecule is C=CC(=O)OCC1CC(OC(=O)C=C)C(O)C(OC(=O)C=C)C(CC2(COC(=O)C=C)OC(COC(=O)C=C)[C@](C)(OC(=O)C=C)C2OC(=O)C=C)O1. The number of carbonyl (C=O) groups excluding carboxylic acids is 7. The summed E-state index contributed by atoms with van der Waals surface area (Å²) in [6.07, 6.45) is -6.72. The molecule has 0 aromatic carbocycles. The fraction of sp³-hybridized carbons (Fsp3) is 0.417. The van der Waals surface area contributed by atoms with Gasteiger partial charge in [-0.3, -0.25) is 0 Å². The van der Waals surface area contributed by atoms with Crippen LogP contribution in [0.4, 0.5) is 0 Å². The summed E-state index contributed by atoms with van der Waals surface area (Å²) in [5, 5.41) is 11.6. The maximum absolute atomic E-state index is 12.9. The van der Waals surface area contributed by atoms with Crippen LogP contribution in [0.3, 0.4) is 0 Å². The third kappa shape index (κ3) is 11.4. The van der Waals surface area contributed by atoms with E-state index in [-0.39, 0.29) is 6.42 Å². The number of aliphatic hydroxyl groups is 1. The van der Waals surface area contributed by atoms with Crippen molar-refractivity contribution in [3.05, 3.63) is 88.6 Å². The van der Waals surface area contributed by atoms with E-state index in [0.717, 1.165) is 42.5 Å². The van der Waals surface area contributed by atoms with Gasteiger partial charge in [0.1, 0.15) is 49.8 Å². The van der Waals surface area contributed by atoms with Gasteiger partial charge in [-0.25, -0.2) is 33.6 Å². The fourth-order valence-electron chi connectivity index (χ4n) is 5.61. The number of ether oxygens (including phenoxy) is 9. The molecule has 2 aliphatic heterocycles. The minimum atomic E-state index is -2.21. The summed E-state index contributed by atoms with van der Waals surface area (Å²) in [7, 11) is 0. The highest BCUT2D eigenvalue weighted by molar-refractivity contribution is 5.84. The van der Waals surface area contributed by atoms with Gasteiger partial charge in [0.25, 0.3) is 0 Å². The number of aliphatic hydroxyl groups excluding tert-OH is 1. The molecule has 288 valence electrons.